The van der Waals surface area contributed by atoms with E-state index in [1.807, 2.05) is 6.07 Å². The van der Waals surface area contributed by atoms with Crippen molar-refractivity contribution in [1.82, 2.24) is 13.8 Å². The summed E-state index contributed by atoms with van der Waals surface area (Å²) in [6, 6.07) is 11.2. The maximum Gasteiger partial charge on any atom is 0.269 e. The van der Waals surface area contributed by atoms with Crippen LogP contribution in [0.3, 0.4) is 0 Å². The van der Waals surface area contributed by atoms with Crippen LogP contribution in [0.15, 0.2) is 52.2 Å². The number of carbonyl (C=O) groups is 2. The first-order valence-electron chi connectivity index (χ1n) is 9.50. The Bertz CT molecular complexity index is 1200. The second-order valence-corrected chi connectivity index (χ2v) is 9.64. The van der Waals surface area contributed by atoms with Gasteiger partial charge in [-0.05, 0) is 30.5 Å². The molecular weight excluding hydrogens is 394 g/mol. The maximum absolute atomic E-state index is 12.9. The second-order valence-electron chi connectivity index (χ2n) is 7.81. The topological polar surface area (TPSA) is 96.8 Å². The fourth-order valence-electron chi connectivity index (χ4n) is 4.71. The summed E-state index contributed by atoms with van der Waals surface area (Å²) in [7, 11) is -4.01. The van der Waals surface area contributed by atoms with Gasteiger partial charge in [-0.3, -0.25) is 14.4 Å². The minimum atomic E-state index is -4.01. The van der Waals surface area contributed by atoms with Crippen LogP contribution in [0.2, 0.25) is 0 Å². The number of likely N-dealkylation sites (tertiary alicyclic amines) is 1. The van der Waals surface area contributed by atoms with Gasteiger partial charge in [-0.1, -0.05) is 18.2 Å². The predicted octanol–water partition coefficient (Wildman–Crippen LogP) is 0.639. The number of fused-ring (bicyclic) bond motifs is 5. The van der Waals surface area contributed by atoms with Crippen molar-refractivity contribution in [3.05, 3.63) is 64.1 Å². The highest BCUT2D eigenvalue weighted by molar-refractivity contribution is 7.90. The van der Waals surface area contributed by atoms with Gasteiger partial charge < -0.3 is 9.47 Å². The van der Waals surface area contributed by atoms with Gasteiger partial charge >= 0.3 is 0 Å². The van der Waals surface area contributed by atoms with Crippen LogP contribution in [-0.2, 0) is 21.4 Å². The van der Waals surface area contributed by atoms with Gasteiger partial charge in [0.25, 0.3) is 21.5 Å². The normalized spacial score (nSPS) is 24.2. The molecule has 2 atom stereocenters. The number of nitrogens with zero attached hydrogens (tertiary/aromatic N) is 3. The summed E-state index contributed by atoms with van der Waals surface area (Å²) in [6.07, 6.45) is 0.889. The first-order chi connectivity index (χ1) is 13.9. The third-order valence-electron chi connectivity index (χ3n) is 6.02. The van der Waals surface area contributed by atoms with Crippen molar-refractivity contribution < 1.29 is 18.0 Å². The molecule has 2 aromatic rings. The van der Waals surface area contributed by atoms with Crippen molar-refractivity contribution >= 4 is 21.8 Å². The minimum Gasteiger partial charge on any atom is -0.340 e. The quantitative estimate of drug-likeness (QED) is 0.720. The number of pyridine rings is 1. The number of sulfonamides is 1. The number of rotatable bonds is 2. The standard InChI is InChI=1S/C20H19N3O5S/c24-18-7-3-5-16-14-8-13(10-22(16)18)9-21(11-14)19(25)12-23-20(26)15-4-1-2-6-17(15)29(23,27)28/h1-7,13-14H,8-12H2. The highest BCUT2D eigenvalue weighted by atomic mass is 32.2. The van der Waals surface area contributed by atoms with E-state index in [9.17, 15) is 22.8 Å². The maximum atomic E-state index is 12.9. The molecule has 1 fully saturated rings. The Balaban J connectivity index is 1.38. The van der Waals surface area contributed by atoms with Crippen molar-refractivity contribution in [2.24, 2.45) is 5.92 Å². The van der Waals surface area contributed by atoms with E-state index < -0.39 is 28.4 Å². The lowest BCUT2D eigenvalue weighted by Gasteiger charge is -2.43. The molecule has 1 saturated heterocycles. The number of piperidine rings is 1. The summed E-state index contributed by atoms with van der Waals surface area (Å²) >= 11 is 0. The van der Waals surface area contributed by atoms with Gasteiger partial charge in [-0.25, -0.2) is 12.7 Å². The Hall–Kier alpha value is -2.94. The molecule has 3 aliphatic heterocycles. The molecule has 5 rings (SSSR count). The van der Waals surface area contributed by atoms with Crippen LogP contribution < -0.4 is 5.56 Å². The highest BCUT2D eigenvalue weighted by Crippen LogP contribution is 2.35. The molecule has 0 spiro atoms. The number of hydrogen-bond donors (Lipinski definition) is 0. The predicted molar refractivity (Wildman–Crippen MR) is 103 cm³/mol. The Kier molecular flexibility index (Phi) is 3.92. The summed E-state index contributed by atoms with van der Waals surface area (Å²) in [5, 5.41) is 0. The van der Waals surface area contributed by atoms with Crippen LogP contribution in [-0.4, -0.2) is 53.6 Å². The van der Waals surface area contributed by atoms with Crippen LogP contribution in [0.25, 0.3) is 0 Å². The van der Waals surface area contributed by atoms with Gasteiger partial charge in [0.1, 0.15) is 11.4 Å². The molecule has 8 nitrogen and oxygen atoms in total. The molecule has 2 unspecified atom stereocenters. The SMILES string of the molecule is O=C(CN1C(=O)c2ccccc2S1(=O)=O)N1CC2CC(C1)c1cccc(=O)n1C2. The van der Waals surface area contributed by atoms with Crippen LogP contribution in [0.1, 0.15) is 28.4 Å². The van der Waals surface area contributed by atoms with Crippen molar-refractivity contribution in [2.75, 3.05) is 19.6 Å². The smallest absolute Gasteiger partial charge is 0.269 e. The summed E-state index contributed by atoms with van der Waals surface area (Å²) in [5.41, 5.74) is 0.969. The Labute approximate surface area is 167 Å². The molecule has 1 aromatic carbocycles. The summed E-state index contributed by atoms with van der Waals surface area (Å²) < 4.78 is 27.9. The molecule has 0 N–H and O–H groups in total. The van der Waals surface area contributed by atoms with Crippen LogP contribution in [0.5, 0.6) is 0 Å². The van der Waals surface area contributed by atoms with Crippen molar-refractivity contribution in [1.29, 1.82) is 0 Å². The van der Waals surface area contributed by atoms with E-state index in [-0.39, 0.29) is 27.9 Å². The lowest BCUT2D eigenvalue weighted by Crippen LogP contribution is -2.51. The lowest BCUT2D eigenvalue weighted by atomic mass is 9.83. The average Bonchev–Trinajstić information content (AvgIpc) is 2.90. The molecule has 9 heteroatoms. The monoisotopic (exact) mass is 413 g/mol. The van der Waals surface area contributed by atoms with Crippen molar-refractivity contribution in [3.63, 3.8) is 0 Å². The third kappa shape index (κ3) is 2.71. The molecule has 1 aromatic heterocycles. The molecule has 0 aliphatic carbocycles. The number of benzene rings is 1. The Morgan fingerprint density at radius 3 is 2.59 bits per heavy atom. The zero-order chi connectivity index (χ0) is 20.3. The summed E-state index contributed by atoms with van der Waals surface area (Å²) in [5.74, 6) is -0.893. The largest absolute Gasteiger partial charge is 0.340 e. The fourth-order valence-corrected chi connectivity index (χ4v) is 6.23. The first-order valence-corrected chi connectivity index (χ1v) is 10.9. The average molecular weight is 413 g/mol. The van der Waals surface area contributed by atoms with Gasteiger partial charge in [0, 0.05) is 37.3 Å². The Morgan fingerprint density at radius 1 is 1.00 bits per heavy atom. The molecule has 29 heavy (non-hydrogen) atoms. The molecule has 0 saturated carbocycles. The zero-order valence-corrected chi connectivity index (χ0v) is 16.3. The summed E-state index contributed by atoms with van der Waals surface area (Å²) in [4.78, 5) is 39.2. The van der Waals surface area contributed by atoms with Crippen LogP contribution >= 0.6 is 0 Å². The molecule has 3 aliphatic rings. The van der Waals surface area contributed by atoms with E-state index in [1.54, 1.807) is 27.7 Å². The molecule has 0 radical (unpaired) electrons. The van der Waals surface area contributed by atoms with Gasteiger partial charge in [-0.15, -0.1) is 0 Å². The molecule has 2 amide bonds. The lowest BCUT2D eigenvalue weighted by molar-refractivity contribution is -0.133. The van der Waals surface area contributed by atoms with E-state index in [0.717, 1.165) is 12.1 Å². The number of amides is 2. The zero-order valence-electron chi connectivity index (χ0n) is 15.5. The van der Waals surface area contributed by atoms with E-state index in [1.165, 1.54) is 18.2 Å². The summed E-state index contributed by atoms with van der Waals surface area (Å²) in [6.45, 7) is 0.900. The molecular formula is C20H19N3O5S. The van der Waals surface area contributed by atoms with Gasteiger partial charge in [0.15, 0.2) is 0 Å². The second kappa shape index (κ2) is 6.28. The van der Waals surface area contributed by atoms with E-state index in [0.29, 0.717) is 23.9 Å². The third-order valence-corrected chi connectivity index (χ3v) is 7.81. The van der Waals surface area contributed by atoms with Crippen LogP contribution in [0, 0.1) is 5.92 Å². The van der Waals surface area contributed by atoms with E-state index in [4.69, 9.17) is 0 Å². The minimum absolute atomic E-state index is 0.0310. The number of carbonyl (C=O) groups excluding carboxylic acids is 2. The van der Waals surface area contributed by atoms with Crippen LogP contribution in [0.4, 0.5) is 0 Å². The fraction of sp³-hybridized carbons (Fsp3) is 0.350. The molecule has 150 valence electrons. The van der Waals surface area contributed by atoms with Gasteiger partial charge in [0.05, 0.1) is 5.56 Å². The number of aromatic nitrogens is 1. The Morgan fingerprint density at radius 2 is 1.79 bits per heavy atom. The van der Waals surface area contributed by atoms with Gasteiger partial charge in [0.2, 0.25) is 5.91 Å². The van der Waals surface area contributed by atoms with E-state index in [2.05, 4.69) is 0 Å². The first kappa shape index (κ1) is 18.1. The van der Waals surface area contributed by atoms with E-state index >= 15 is 0 Å². The molecule has 2 bridgehead atoms. The molecule has 4 heterocycles. The van der Waals surface area contributed by atoms with Crippen molar-refractivity contribution in [3.8, 4) is 0 Å². The van der Waals surface area contributed by atoms with Gasteiger partial charge in [-0.2, -0.15) is 0 Å². The number of hydrogen-bond acceptors (Lipinski definition) is 5. The highest BCUT2D eigenvalue weighted by Gasteiger charge is 2.43. The van der Waals surface area contributed by atoms with Crippen molar-refractivity contribution in [2.45, 2.75) is 23.8 Å².